The lowest BCUT2D eigenvalue weighted by atomic mass is 10.1. The highest BCUT2D eigenvalue weighted by Gasteiger charge is 2.20. The fourth-order valence-corrected chi connectivity index (χ4v) is 5.48. The van der Waals surface area contributed by atoms with Gasteiger partial charge in [0.1, 0.15) is 5.70 Å². The van der Waals surface area contributed by atoms with Crippen LogP contribution in [0.1, 0.15) is 29.3 Å². The maximum atomic E-state index is 13.4. The van der Waals surface area contributed by atoms with Crippen molar-refractivity contribution in [2.45, 2.75) is 23.5 Å². The zero-order chi connectivity index (χ0) is 30.1. The fourth-order valence-electron chi connectivity index (χ4n) is 3.82. The monoisotopic (exact) mass is 637 g/mol. The van der Waals surface area contributed by atoms with Gasteiger partial charge in [-0.05, 0) is 72.7 Å². The van der Waals surface area contributed by atoms with Crippen LogP contribution >= 0.6 is 46.6 Å². The van der Waals surface area contributed by atoms with Crippen molar-refractivity contribution in [1.29, 1.82) is 0 Å². The van der Waals surface area contributed by atoms with Crippen molar-refractivity contribution in [3.05, 3.63) is 129 Å². The number of nitrogens with one attached hydrogen (secondary N) is 3. The number of thioether (sulfide) groups is 1. The Morgan fingerprint density at radius 1 is 0.810 bits per heavy atom. The predicted molar refractivity (Wildman–Crippen MR) is 173 cm³/mol. The summed E-state index contributed by atoms with van der Waals surface area (Å²) in [5.74, 6) is -1.20. The van der Waals surface area contributed by atoms with Gasteiger partial charge in [0.25, 0.3) is 11.8 Å². The molecule has 0 saturated heterocycles. The van der Waals surface area contributed by atoms with Crippen molar-refractivity contribution < 1.29 is 14.4 Å². The van der Waals surface area contributed by atoms with Gasteiger partial charge in [0.2, 0.25) is 5.91 Å². The molecule has 0 heterocycles. The molecule has 4 aromatic rings. The van der Waals surface area contributed by atoms with Crippen molar-refractivity contribution in [3.63, 3.8) is 0 Å². The first-order valence-corrected chi connectivity index (χ1v) is 14.9. The van der Waals surface area contributed by atoms with Crippen LogP contribution in [0, 0.1) is 0 Å². The molecule has 10 heteroatoms. The summed E-state index contributed by atoms with van der Waals surface area (Å²) in [4.78, 5) is 40.1. The number of rotatable bonds is 10. The van der Waals surface area contributed by atoms with Crippen LogP contribution in [0.5, 0.6) is 0 Å². The summed E-state index contributed by atoms with van der Waals surface area (Å²) in [7, 11) is 0. The third-order valence-corrected chi connectivity index (χ3v) is 8.21. The number of hydrogen-bond acceptors (Lipinski definition) is 4. The van der Waals surface area contributed by atoms with Gasteiger partial charge in [0.15, 0.2) is 0 Å². The number of halogens is 3. The topological polar surface area (TPSA) is 87.3 Å². The van der Waals surface area contributed by atoms with Crippen molar-refractivity contribution in [3.8, 4) is 0 Å². The normalized spacial score (nSPS) is 11.9. The molecule has 6 nitrogen and oxygen atoms in total. The van der Waals surface area contributed by atoms with Crippen LogP contribution in [-0.2, 0) is 9.59 Å². The van der Waals surface area contributed by atoms with E-state index in [0.29, 0.717) is 44.0 Å². The van der Waals surface area contributed by atoms with Crippen LogP contribution in [0.25, 0.3) is 6.08 Å². The molecule has 0 fully saturated rings. The summed E-state index contributed by atoms with van der Waals surface area (Å²) in [5, 5.41) is 9.22. The van der Waals surface area contributed by atoms with E-state index < -0.39 is 17.1 Å². The first-order chi connectivity index (χ1) is 20.2. The second kappa shape index (κ2) is 14.9. The fraction of sp³-hybridized carbons (Fsp3) is 0.0938. The molecule has 0 aliphatic rings. The Morgan fingerprint density at radius 3 is 2.26 bits per heavy atom. The molecule has 0 aliphatic heterocycles. The van der Waals surface area contributed by atoms with Crippen LogP contribution in [0.2, 0.25) is 15.1 Å². The molecule has 214 valence electrons. The Bertz CT molecular complexity index is 1630. The maximum absolute atomic E-state index is 13.4. The summed E-state index contributed by atoms with van der Waals surface area (Å²) < 4.78 is 0. The molecule has 1 unspecified atom stereocenters. The minimum absolute atomic E-state index is 0.0170. The quantitative estimate of drug-likeness (QED) is 0.120. The number of para-hydroxylation sites is 1. The van der Waals surface area contributed by atoms with E-state index in [1.165, 1.54) is 17.8 Å². The van der Waals surface area contributed by atoms with Gasteiger partial charge < -0.3 is 16.0 Å². The number of amides is 3. The number of carbonyl (C=O) groups excluding carboxylic acids is 3. The number of anilines is 2. The Labute approximate surface area is 263 Å². The van der Waals surface area contributed by atoms with Crippen molar-refractivity contribution in [2.24, 2.45) is 0 Å². The predicted octanol–water partition coefficient (Wildman–Crippen LogP) is 8.57. The van der Waals surface area contributed by atoms with Crippen LogP contribution in [-0.4, -0.2) is 23.0 Å². The molecule has 4 rings (SSSR count). The summed E-state index contributed by atoms with van der Waals surface area (Å²) in [5.41, 5.74) is 1.89. The standard InChI is InChI=1S/C32H26Cl3N3O3S/c1-2-29(32(41)37-27-14-7-6-13-25(27)34)42-24-12-8-11-23(19-24)36-31(40)28(17-21-15-16-22(33)18-26(21)35)38-30(39)20-9-4-3-5-10-20/h3-19,29H,2H2,1H3,(H,36,40)(H,37,41)(H,38,39)/b28-17+. The van der Waals surface area contributed by atoms with E-state index in [4.69, 9.17) is 34.8 Å². The van der Waals surface area contributed by atoms with E-state index in [0.717, 1.165) is 4.90 Å². The number of benzene rings is 4. The van der Waals surface area contributed by atoms with Gasteiger partial charge in [-0.15, -0.1) is 11.8 Å². The Balaban J connectivity index is 1.53. The minimum Gasteiger partial charge on any atom is -0.324 e. The first kappa shape index (κ1) is 31.2. The lowest BCUT2D eigenvalue weighted by molar-refractivity contribution is -0.116. The smallest absolute Gasteiger partial charge is 0.272 e. The van der Waals surface area contributed by atoms with Gasteiger partial charge in [0.05, 0.1) is 16.0 Å². The highest BCUT2D eigenvalue weighted by molar-refractivity contribution is 8.00. The molecule has 3 amide bonds. The molecule has 0 saturated carbocycles. The van der Waals surface area contributed by atoms with Crippen molar-refractivity contribution in [1.82, 2.24) is 5.32 Å². The minimum atomic E-state index is -0.559. The van der Waals surface area contributed by atoms with Crippen LogP contribution in [0.15, 0.2) is 108 Å². The van der Waals surface area contributed by atoms with E-state index in [2.05, 4.69) is 16.0 Å². The third-order valence-electron chi connectivity index (χ3n) is 5.96. The summed E-state index contributed by atoms with van der Waals surface area (Å²) in [6.45, 7) is 1.92. The number of hydrogen-bond donors (Lipinski definition) is 3. The second-order valence-corrected chi connectivity index (χ2v) is 11.5. The van der Waals surface area contributed by atoms with E-state index in [1.54, 1.807) is 91.0 Å². The lowest BCUT2D eigenvalue weighted by Crippen LogP contribution is -2.30. The average Bonchev–Trinajstić information content (AvgIpc) is 2.98. The van der Waals surface area contributed by atoms with Crippen LogP contribution < -0.4 is 16.0 Å². The lowest BCUT2D eigenvalue weighted by Gasteiger charge is -2.16. The first-order valence-electron chi connectivity index (χ1n) is 12.9. The van der Waals surface area contributed by atoms with Crippen LogP contribution in [0.4, 0.5) is 11.4 Å². The number of carbonyl (C=O) groups is 3. The molecule has 0 spiro atoms. The molecule has 0 bridgehead atoms. The molecule has 1 atom stereocenters. The van der Waals surface area contributed by atoms with Crippen molar-refractivity contribution >= 4 is 81.7 Å². The zero-order valence-corrected chi connectivity index (χ0v) is 25.5. The molecule has 3 N–H and O–H groups in total. The van der Waals surface area contributed by atoms with E-state index in [-0.39, 0.29) is 11.6 Å². The van der Waals surface area contributed by atoms with Crippen molar-refractivity contribution in [2.75, 3.05) is 10.6 Å². The summed E-state index contributed by atoms with van der Waals surface area (Å²) in [6.07, 6.45) is 2.05. The van der Waals surface area contributed by atoms with Gasteiger partial charge >= 0.3 is 0 Å². The summed E-state index contributed by atoms with van der Waals surface area (Å²) >= 11 is 19.9. The van der Waals surface area contributed by atoms with Gasteiger partial charge in [0, 0.05) is 26.2 Å². The van der Waals surface area contributed by atoms with Gasteiger partial charge in [-0.2, -0.15) is 0 Å². The molecular weight excluding hydrogens is 613 g/mol. The maximum Gasteiger partial charge on any atom is 0.272 e. The zero-order valence-electron chi connectivity index (χ0n) is 22.4. The molecular formula is C32H26Cl3N3O3S. The molecule has 0 aliphatic carbocycles. The van der Waals surface area contributed by atoms with Crippen LogP contribution in [0.3, 0.4) is 0 Å². The largest absolute Gasteiger partial charge is 0.324 e. The Hall–Kier alpha value is -3.75. The van der Waals surface area contributed by atoms with Gasteiger partial charge in [-0.25, -0.2) is 0 Å². The van der Waals surface area contributed by atoms with Gasteiger partial charge in [-0.3, -0.25) is 14.4 Å². The Morgan fingerprint density at radius 2 is 1.55 bits per heavy atom. The second-order valence-electron chi connectivity index (χ2n) is 9.01. The molecule has 0 radical (unpaired) electrons. The Kier molecular flexibility index (Phi) is 11.1. The van der Waals surface area contributed by atoms with Gasteiger partial charge in [-0.1, -0.05) is 84.2 Å². The van der Waals surface area contributed by atoms with E-state index in [1.807, 2.05) is 13.0 Å². The third kappa shape index (κ3) is 8.63. The highest BCUT2D eigenvalue weighted by Crippen LogP contribution is 2.30. The average molecular weight is 639 g/mol. The van der Waals surface area contributed by atoms with E-state index >= 15 is 0 Å². The molecule has 4 aromatic carbocycles. The van der Waals surface area contributed by atoms with E-state index in [9.17, 15) is 14.4 Å². The molecule has 42 heavy (non-hydrogen) atoms. The SMILES string of the molecule is CCC(Sc1cccc(NC(=O)/C(=C\c2ccc(Cl)cc2Cl)NC(=O)c2ccccc2)c1)C(=O)Nc1ccccc1Cl. The molecule has 0 aromatic heterocycles. The highest BCUT2D eigenvalue weighted by atomic mass is 35.5. The summed E-state index contributed by atoms with van der Waals surface area (Å²) in [6, 6.07) is 27.6.